The van der Waals surface area contributed by atoms with E-state index in [1.54, 1.807) is 43.3 Å². The number of halogens is 1. The minimum Gasteiger partial charge on any atom is -0.484 e. The highest BCUT2D eigenvalue weighted by molar-refractivity contribution is 6.30. The fraction of sp³-hybridized carbons (Fsp3) is 0.125. The van der Waals surface area contributed by atoms with Gasteiger partial charge in [-0.2, -0.15) is 5.10 Å². The Bertz CT molecular complexity index is 758. The van der Waals surface area contributed by atoms with Crippen LogP contribution in [0.15, 0.2) is 53.6 Å². The van der Waals surface area contributed by atoms with Crippen LogP contribution in [-0.4, -0.2) is 23.1 Å². The Balaban J connectivity index is 1.87. The Labute approximate surface area is 143 Å². The molecule has 7 nitrogen and oxygen atoms in total. The molecule has 0 unspecified atom stereocenters. The molecule has 0 saturated heterocycles. The second-order valence-electron chi connectivity index (χ2n) is 4.78. The van der Waals surface area contributed by atoms with E-state index in [0.29, 0.717) is 22.0 Å². The van der Waals surface area contributed by atoms with Crippen LogP contribution in [0.3, 0.4) is 0 Å². The summed E-state index contributed by atoms with van der Waals surface area (Å²) in [5.41, 5.74) is 3.54. The van der Waals surface area contributed by atoms with Crippen LogP contribution in [0, 0.1) is 10.1 Å². The molecular weight excluding hydrogens is 334 g/mol. The van der Waals surface area contributed by atoms with Crippen molar-refractivity contribution < 1.29 is 14.5 Å². The van der Waals surface area contributed by atoms with Crippen LogP contribution in [0.25, 0.3) is 0 Å². The summed E-state index contributed by atoms with van der Waals surface area (Å²) in [5, 5.41) is 15.1. The zero-order valence-corrected chi connectivity index (χ0v) is 13.5. The molecule has 2 rings (SSSR count). The van der Waals surface area contributed by atoms with Crippen molar-refractivity contribution in [3.63, 3.8) is 0 Å². The van der Waals surface area contributed by atoms with Gasteiger partial charge in [0.05, 0.1) is 10.6 Å². The van der Waals surface area contributed by atoms with Gasteiger partial charge in [0.25, 0.3) is 11.6 Å². The average molecular weight is 348 g/mol. The lowest BCUT2D eigenvalue weighted by atomic mass is 10.1. The molecule has 0 aliphatic rings. The molecular formula is C16H14ClN3O4. The minimum atomic E-state index is -0.480. The smallest absolute Gasteiger partial charge is 0.277 e. The second kappa shape index (κ2) is 8.07. The van der Waals surface area contributed by atoms with E-state index in [9.17, 15) is 14.9 Å². The molecule has 0 atom stereocenters. The van der Waals surface area contributed by atoms with E-state index in [0.717, 1.165) is 0 Å². The Morgan fingerprint density at radius 1 is 1.21 bits per heavy atom. The van der Waals surface area contributed by atoms with Gasteiger partial charge in [-0.25, -0.2) is 5.43 Å². The molecule has 0 aromatic heterocycles. The number of ether oxygens (including phenoxy) is 1. The number of hydrogen-bond acceptors (Lipinski definition) is 5. The summed E-state index contributed by atoms with van der Waals surface area (Å²) in [7, 11) is 0. The van der Waals surface area contributed by atoms with E-state index < -0.39 is 10.8 Å². The van der Waals surface area contributed by atoms with Crippen molar-refractivity contribution in [2.24, 2.45) is 5.10 Å². The fourth-order valence-electron chi connectivity index (χ4n) is 1.75. The molecule has 1 N–H and O–H groups in total. The number of nitro benzene ring substituents is 1. The molecule has 0 aliphatic heterocycles. The number of carbonyl (C=O) groups excluding carboxylic acids is 1. The normalized spacial score (nSPS) is 11.0. The van der Waals surface area contributed by atoms with Crippen molar-refractivity contribution in [3.8, 4) is 5.75 Å². The Hall–Kier alpha value is -2.93. The van der Waals surface area contributed by atoms with Crippen molar-refractivity contribution in [2.45, 2.75) is 6.92 Å². The number of rotatable bonds is 6. The van der Waals surface area contributed by atoms with Gasteiger partial charge >= 0.3 is 0 Å². The van der Waals surface area contributed by atoms with Crippen molar-refractivity contribution >= 4 is 28.9 Å². The molecule has 24 heavy (non-hydrogen) atoms. The van der Waals surface area contributed by atoms with Crippen molar-refractivity contribution in [3.05, 3.63) is 69.2 Å². The van der Waals surface area contributed by atoms with Gasteiger partial charge in [0.2, 0.25) is 0 Å². The van der Waals surface area contributed by atoms with Crippen LogP contribution in [0.1, 0.15) is 12.5 Å². The third-order valence-electron chi connectivity index (χ3n) is 3.03. The number of nitrogens with one attached hydrogen (secondary N) is 1. The van der Waals surface area contributed by atoms with Crippen molar-refractivity contribution in [2.75, 3.05) is 6.61 Å². The molecule has 0 fully saturated rings. The first-order valence-corrected chi connectivity index (χ1v) is 7.30. The van der Waals surface area contributed by atoms with E-state index in [1.807, 2.05) is 0 Å². The second-order valence-corrected chi connectivity index (χ2v) is 5.22. The molecule has 2 aromatic rings. The SMILES string of the molecule is CC(=NNC(=O)COc1ccc(Cl)cc1)c1ccc([N+](=O)[O-])cc1. The van der Waals surface area contributed by atoms with Crippen LogP contribution in [0.2, 0.25) is 5.02 Å². The maximum atomic E-state index is 11.7. The van der Waals surface area contributed by atoms with Crippen LogP contribution < -0.4 is 10.2 Å². The van der Waals surface area contributed by atoms with Crippen LogP contribution in [-0.2, 0) is 4.79 Å². The first-order valence-electron chi connectivity index (χ1n) is 6.92. The fourth-order valence-corrected chi connectivity index (χ4v) is 1.87. The van der Waals surface area contributed by atoms with Gasteiger partial charge in [0.1, 0.15) is 5.75 Å². The number of nitrogens with zero attached hydrogens (tertiary/aromatic N) is 2. The molecule has 0 bridgehead atoms. The Morgan fingerprint density at radius 3 is 2.42 bits per heavy atom. The molecule has 0 saturated carbocycles. The maximum absolute atomic E-state index is 11.7. The molecule has 0 aliphatic carbocycles. The zero-order chi connectivity index (χ0) is 17.5. The summed E-state index contributed by atoms with van der Waals surface area (Å²) < 4.78 is 5.29. The first kappa shape index (κ1) is 17.4. The molecule has 124 valence electrons. The van der Waals surface area contributed by atoms with Gasteiger partial charge in [-0.15, -0.1) is 0 Å². The molecule has 0 radical (unpaired) electrons. The summed E-state index contributed by atoms with van der Waals surface area (Å²) >= 11 is 5.75. The summed E-state index contributed by atoms with van der Waals surface area (Å²) in [5.74, 6) is 0.0943. The Kier molecular flexibility index (Phi) is 5.86. The van der Waals surface area contributed by atoms with Gasteiger partial charge in [0, 0.05) is 17.2 Å². The number of hydrogen-bond donors (Lipinski definition) is 1. The van der Waals surface area contributed by atoms with Gasteiger partial charge in [-0.1, -0.05) is 11.6 Å². The highest BCUT2D eigenvalue weighted by Crippen LogP contribution is 2.15. The largest absolute Gasteiger partial charge is 0.484 e. The highest BCUT2D eigenvalue weighted by atomic mass is 35.5. The van der Waals surface area contributed by atoms with Gasteiger partial charge < -0.3 is 4.74 Å². The third-order valence-corrected chi connectivity index (χ3v) is 3.28. The zero-order valence-electron chi connectivity index (χ0n) is 12.7. The lowest BCUT2D eigenvalue weighted by molar-refractivity contribution is -0.384. The van der Waals surface area contributed by atoms with E-state index in [1.165, 1.54) is 12.1 Å². The standard InChI is InChI=1S/C16H14ClN3O4/c1-11(12-2-6-14(7-3-12)20(22)23)18-19-16(21)10-24-15-8-4-13(17)5-9-15/h2-9H,10H2,1H3,(H,19,21). The average Bonchev–Trinajstić information content (AvgIpc) is 2.59. The maximum Gasteiger partial charge on any atom is 0.277 e. The molecule has 0 spiro atoms. The van der Waals surface area contributed by atoms with E-state index in [4.69, 9.17) is 16.3 Å². The molecule has 8 heteroatoms. The quantitative estimate of drug-likeness (QED) is 0.493. The number of amides is 1. The first-order chi connectivity index (χ1) is 11.5. The summed E-state index contributed by atoms with van der Waals surface area (Å²) in [6, 6.07) is 12.5. The molecule has 0 heterocycles. The lowest BCUT2D eigenvalue weighted by Crippen LogP contribution is -2.25. The van der Waals surface area contributed by atoms with Crippen molar-refractivity contribution in [1.29, 1.82) is 0 Å². The third kappa shape index (κ3) is 5.06. The topological polar surface area (TPSA) is 93.8 Å². The summed E-state index contributed by atoms with van der Waals surface area (Å²) in [6.45, 7) is 1.49. The van der Waals surface area contributed by atoms with E-state index in [2.05, 4.69) is 10.5 Å². The predicted molar refractivity (Wildman–Crippen MR) is 90.4 cm³/mol. The Morgan fingerprint density at radius 2 is 1.83 bits per heavy atom. The van der Waals surface area contributed by atoms with Gasteiger partial charge in [-0.05, 0) is 48.9 Å². The van der Waals surface area contributed by atoms with Crippen molar-refractivity contribution in [1.82, 2.24) is 5.43 Å². The van der Waals surface area contributed by atoms with E-state index in [-0.39, 0.29) is 12.3 Å². The number of hydrazone groups is 1. The summed E-state index contributed by atoms with van der Waals surface area (Å²) in [4.78, 5) is 21.8. The number of nitro groups is 1. The van der Waals surface area contributed by atoms with Gasteiger partial charge in [0.15, 0.2) is 6.61 Å². The number of carbonyl (C=O) groups is 1. The minimum absolute atomic E-state index is 0.00745. The van der Waals surface area contributed by atoms with Gasteiger partial charge in [-0.3, -0.25) is 14.9 Å². The van der Waals surface area contributed by atoms with Crippen LogP contribution in [0.4, 0.5) is 5.69 Å². The lowest BCUT2D eigenvalue weighted by Gasteiger charge is -2.06. The van der Waals surface area contributed by atoms with E-state index >= 15 is 0 Å². The number of benzene rings is 2. The molecule has 1 amide bonds. The molecule has 2 aromatic carbocycles. The summed E-state index contributed by atoms with van der Waals surface area (Å²) in [6.07, 6.45) is 0. The monoisotopic (exact) mass is 347 g/mol. The number of non-ortho nitro benzene ring substituents is 1. The van der Waals surface area contributed by atoms with Crippen LogP contribution in [0.5, 0.6) is 5.75 Å². The highest BCUT2D eigenvalue weighted by Gasteiger charge is 2.06. The van der Waals surface area contributed by atoms with Crippen LogP contribution >= 0.6 is 11.6 Å². The predicted octanol–water partition coefficient (Wildman–Crippen LogP) is 3.17.